The van der Waals surface area contributed by atoms with Gasteiger partial charge in [0.15, 0.2) is 12.2 Å². The molecule has 1 atom stereocenters. The number of anilines is 1. The van der Waals surface area contributed by atoms with Crippen LogP contribution >= 0.6 is 0 Å². The second-order valence-electron chi connectivity index (χ2n) is 6.24. The predicted molar refractivity (Wildman–Crippen MR) is 97.1 cm³/mol. The maximum Gasteiger partial charge on any atom is 0.298 e. The lowest BCUT2D eigenvalue weighted by Gasteiger charge is -2.23. The Bertz CT molecular complexity index is 848. The maximum atomic E-state index is 12.0. The number of fused-ring (bicyclic) bond motifs is 1. The number of aromatic nitrogens is 2. The molecule has 1 fully saturated rings. The second kappa shape index (κ2) is 7.43. The van der Waals surface area contributed by atoms with Gasteiger partial charge in [-0.3, -0.25) is 9.78 Å². The highest BCUT2D eigenvalue weighted by atomic mass is 16.5. The number of para-hydroxylation sites is 2. The van der Waals surface area contributed by atoms with E-state index in [9.17, 15) is 4.79 Å². The summed E-state index contributed by atoms with van der Waals surface area (Å²) in [5, 5.41) is 2.93. The molecule has 0 spiro atoms. The van der Waals surface area contributed by atoms with Crippen LogP contribution in [0.2, 0.25) is 0 Å². The SMILES string of the molecule is O=C(COc1cccnc1)NCC1CCCN1c1nc2ccccc2o1. The van der Waals surface area contributed by atoms with Gasteiger partial charge >= 0.3 is 0 Å². The molecule has 3 aromatic rings. The molecule has 3 heterocycles. The zero-order valence-corrected chi connectivity index (χ0v) is 14.3. The van der Waals surface area contributed by atoms with E-state index < -0.39 is 0 Å². The van der Waals surface area contributed by atoms with Gasteiger partial charge in [0.2, 0.25) is 0 Å². The van der Waals surface area contributed by atoms with Gasteiger partial charge in [-0.1, -0.05) is 12.1 Å². The molecule has 7 heteroatoms. The van der Waals surface area contributed by atoms with Crippen molar-refractivity contribution in [2.45, 2.75) is 18.9 Å². The third-order valence-corrected chi connectivity index (χ3v) is 4.44. The average molecular weight is 352 g/mol. The molecule has 4 rings (SSSR count). The smallest absolute Gasteiger partial charge is 0.298 e. The molecule has 1 amide bonds. The molecule has 0 saturated carbocycles. The van der Waals surface area contributed by atoms with E-state index in [-0.39, 0.29) is 18.6 Å². The minimum atomic E-state index is -0.154. The number of hydrogen-bond donors (Lipinski definition) is 1. The van der Waals surface area contributed by atoms with Crippen molar-refractivity contribution in [2.24, 2.45) is 0 Å². The summed E-state index contributed by atoms with van der Waals surface area (Å²) in [4.78, 5) is 22.7. The van der Waals surface area contributed by atoms with Crippen LogP contribution in [0.3, 0.4) is 0 Å². The van der Waals surface area contributed by atoms with Crippen LogP contribution in [0.1, 0.15) is 12.8 Å². The van der Waals surface area contributed by atoms with E-state index >= 15 is 0 Å². The number of carbonyl (C=O) groups excluding carboxylic acids is 1. The zero-order chi connectivity index (χ0) is 17.8. The van der Waals surface area contributed by atoms with E-state index in [4.69, 9.17) is 9.15 Å². The first kappa shape index (κ1) is 16.4. The minimum Gasteiger partial charge on any atom is -0.482 e. The molecule has 1 saturated heterocycles. The lowest BCUT2D eigenvalue weighted by atomic mass is 10.2. The molecule has 26 heavy (non-hydrogen) atoms. The first-order valence-corrected chi connectivity index (χ1v) is 8.71. The molecule has 1 aliphatic heterocycles. The van der Waals surface area contributed by atoms with Crippen molar-refractivity contribution in [3.8, 4) is 5.75 Å². The van der Waals surface area contributed by atoms with Crippen LogP contribution in [0, 0.1) is 0 Å². The van der Waals surface area contributed by atoms with Crippen LogP contribution in [-0.4, -0.2) is 41.6 Å². The highest BCUT2D eigenvalue weighted by molar-refractivity contribution is 5.77. The van der Waals surface area contributed by atoms with E-state index in [2.05, 4.69) is 20.2 Å². The van der Waals surface area contributed by atoms with Gasteiger partial charge in [0.05, 0.1) is 12.2 Å². The summed E-state index contributed by atoms with van der Waals surface area (Å²) in [6, 6.07) is 12.1. The number of oxazole rings is 1. The quantitative estimate of drug-likeness (QED) is 0.734. The first-order chi connectivity index (χ1) is 12.8. The summed E-state index contributed by atoms with van der Waals surface area (Å²) in [7, 11) is 0. The van der Waals surface area contributed by atoms with Gasteiger partial charge in [-0.05, 0) is 37.1 Å². The molecule has 0 bridgehead atoms. The molecule has 1 unspecified atom stereocenters. The first-order valence-electron chi connectivity index (χ1n) is 8.71. The largest absolute Gasteiger partial charge is 0.482 e. The van der Waals surface area contributed by atoms with Crippen LogP contribution in [0.4, 0.5) is 6.01 Å². The van der Waals surface area contributed by atoms with Crippen LogP contribution in [0.25, 0.3) is 11.1 Å². The second-order valence-corrected chi connectivity index (χ2v) is 6.24. The Morgan fingerprint density at radius 2 is 2.23 bits per heavy atom. The Hall–Kier alpha value is -3.09. The summed E-state index contributed by atoms with van der Waals surface area (Å²) >= 11 is 0. The predicted octanol–water partition coefficient (Wildman–Crippen LogP) is 2.39. The molecule has 0 aliphatic carbocycles. The lowest BCUT2D eigenvalue weighted by molar-refractivity contribution is -0.123. The Labute approximate surface area is 151 Å². The van der Waals surface area contributed by atoms with Crippen LogP contribution in [0.15, 0.2) is 53.2 Å². The topological polar surface area (TPSA) is 80.5 Å². The summed E-state index contributed by atoms with van der Waals surface area (Å²) in [5.74, 6) is 0.426. The normalized spacial score (nSPS) is 16.8. The standard InChI is InChI=1S/C19H20N4O3/c24-18(13-25-15-6-3-9-20-12-15)21-11-14-5-4-10-23(14)19-22-16-7-1-2-8-17(16)26-19/h1-3,6-9,12,14H,4-5,10-11,13H2,(H,21,24). The maximum absolute atomic E-state index is 12.0. The van der Waals surface area contributed by atoms with Crippen molar-refractivity contribution in [1.82, 2.24) is 15.3 Å². The highest BCUT2D eigenvalue weighted by Crippen LogP contribution is 2.27. The number of carbonyl (C=O) groups is 1. The Morgan fingerprint density at radius 1 is 1.31 bits per heavy atom. The van der Waals surface area contributed by atoms with Gasteiger partial charge in [-0.2, -0.15) is 4.98 Å². The minimum absolute atomic E-state index is 0.0265. The molecular weight excluding hydrogens is 332 g/mol. The fourth-order valence-electron chi connectivity index (χ4n) is 3.15. The highest BCUT2D eigenvalue weighted by Gasteiger charge is 2.28. The molecule has 1 aliphatic rings. The van der Waals surface area contributed by atoms with Gasteiger partial charge in [0, 0.05) is 19.3 Å². The van der Waals surface area contributed by atoms with Crippen molar-refractivity contribution >= 4 is 23.0 Å². The van der Waals surface area contributed by atoms with Crippen LogP contribution in [0.5, 0.6) is 5.75 Å². The van der Waals surface area contributed by atoms with Crippen LogP contribution in [-0.2, 0) is 4.79 Å². The fourth-order valence-corrected chi connectivity index (χ4v) is 3.15. The fraction of sp³-hybridized carbons (Fsp3) is 0.316. The van der Waals surface area contributed by atoms with E-state index in [0.717, 1.165) is 30.5 Å². The van der Waals surface area contributed by atoms with Gasteiger partial charge in [-0.15, -0.1) is 0 Å². The van der Waals surface area contributed by atoms with Gasteiger partial charge in [0.25, 0.3) is 11.9 Å². The van der Waals surface area contributed by atoms with E-state index in [0.29, 0.717) is 18.3 Å². The molecule has 1 aromatic carbocycles. The number of amides is 1. The molecule has 7 nitrogen and oxygen atoms in total. The van der Waals surface area contributed by atoms with Crippen molar-refractivity contribution in [2.75, 3.05) is 24.6 Å². The van der Waals surface area contributed by atoms with Gasteiger partial charge < -0.3 is 19.4 Å². The van der Waals surface area contributed by atoms with Crippen molar-refractivity contribution < 1.29 is 13.9 Å². The van der Waals surface area contributed by atoms with E-state index in [1.807, 2.05) is 24.3 Å². The van der Waals surface area contributed by atoms with Crippen LogP contribution < -0.4 is 15.0 Å². The van der Waals surface area contributed by atoms with Crippen molar-refractivity contribution in [3.05, 3.63) is 48.8 Å². The Morgan fingerprint density at radius 3 is 3.08 bits per heavy atom. The van der Waals surface area contributed by atoms with Gasteiger partial charge in [0.1, 0.15) is 11.3 Å². The number of ether oxygens (including phenoxy) is 1. The van der Waals surface area contributed by atoms with Crippen molar-refractivity contribution in [3.63, 3.8) is 0 Å². The number of pyridine rings is 1. The number of nitrogens with zero attached hydrogens (tertiary/aromatic N) is 3. The van der Waals surface area contributed by atoms with Crippen molar-refractivity contribution in [1.29, 1.82) is 0 Å². The summed E-state index contributed by atoms with van der Waals surface area (Å²) in [5.41, 5.74) is 1.63. The number of benzene rings is 1. The van der Waals surface area contributed by atoms with E-state index in [1.165, 1.54) is 0 Å². The number of nitrogens with one attached hydrogen (secondary N) is 1. The average Bonchev–Trinajstić information content (AvgIpc) is 3.31. The zero-order valence-electron chi connectivity index (χ0n) is 14.3. The third kappa shape index (κ3) is 3.61. The lowest BCUT2D eigenvalue weighted by Crippen LogP contribution is -2.41. The molecular formula is C19H20N4O3. The Balaban J connectivity index is 1.33. The summed E-state index contributed by atoms with van der Waals surface area (Å²) < 4.78 is 11.3. The van der Waals surface area contributed by atoms with E-state index in [1.54, 1.807) is 24.5 Å². The third-order valence-electron chi connectivity index (χ3n) is 4.44. The summed E-state index contributed by atoms with van der Waals surface area (Å²) in [6.07, 6.45) is 5.28. The monoisotopic (exact) mass is 352 g/mol. The number of hydrogen-bond acceptors (Lipinski definition) is 6. The number of rotatable bonds is 6. The Kier molecular flexibility index (Phi) is 4.68. The van der Waals surface area contributed by atoms with Gasteiger partial charge in [-0.25, -0.2) is 0 Å². The molecule has 1 N–H and O–H groups in total. The molecule has 0 radical (unpaired) electrons. The summed E-state index contributed by atoms with van der Waals surface area (Å²) in [6.45, 7) is 1.38. The molecule has 134 valence electrons. The molecule has 2 aromatic heterocycles.